The van der Waals surface area contributed by atoms with Crippen LogP contribution in [-0.4, -0.2) is 104 Å². The predicted molar refractivity (Wildman–Crippen MR) is 161 cm³/mol. The van der Waals surface area contributed by atoms with E-state index in [-0.39, 0.29) is 6.42 Å². The molecule has 0 aliphatic heterocycles. The maximum atomic E-state index is 13.5. The lowest BCUT2D eigenvalue weighted by atomic mass is 10.0. The molecule has 49 heavy (non-hydrogen) atoms. The Morgan fingerprint density at radius 3 is 1.39 bits per heavy atom. The molecule has 4 amide bonds. The fourth-order valence-corrected chi connectivity index (χ4v) is 3.57. The molecule has 276 valence electrons. The number of rotatable bonds is 21. The number of esters is 6. The number of hydrogen-bond donors (Lipinski definition) is 4. The summed E-state index contributed by atoms with van der Waals surface area (Å²) in [6.07, 6.45) is -1.98. The Kier molecular flexibility index (Phi) is 20.6. The van der Waals surface area contributed by atoms with E-state index in [0.29, 0.717) is 0 Å². The SMILES string of the molecule is CC(=O)NC(CC(=O)OCOC(C)=O)C(=O)NC(CCC(=O)OCOC(C)=O)C(=O)NC(C(=O)NC(C)CC(=O)OCOC(C)=O)C(C)C. The van der Waals surface area contributed by atoms with Crippen molar-refractivity contribution in [2.75, 3.05) is 20.4 Å². The highest BCUT2D eigenvalue weighted by Crippen LogP contribution is 2.08. The van der Waals surface area contributed by atoms with Crippen LogP contribution in [0.3, 0.4) is 0 Å². The van der Waals surface area contributed by atoms with E-state index in [1.54, 1.807) is 13.8 Å². The van der Waals surface area contributed by atoms with Crippen molar-refractivity contribution in [1.29, 1.82) is 0 Å². The summed E-state index contributed by atoms with van der Waals surface area (Å²) < 4.78 is 27.8. The Morgan fingerprint density at radius 2 is 0.939 bits per heavy atom. The topological polar surface area (TPSA) is 274 Å². The van der Waals surface area contributed by atoms with Gasteiger partial charge in [-0.15, -0.1) is 0 Å². The Morgan fingerprint density at radius 1 is 0.490 bits per heavy atom. The standard InChI is InChI=1S/C29H44N4O16/c1-15(2)26(29(43)30-16(3)10-24(39)48-13-45-19(6)36)33-27(41)21(8-9-23(38)47-12-44-18(5)35)32-28(42)22(31-17(4)34)11-25(40)49-14-46-20(7)37/h15-16,21-22,26H,8-14H2,1-7H3,(H,30,43)(H,31,34)(H,32,42)(H,33,41). The molecule has 0 bridgehead atoms. The molecule has 20 heteroatoms. The Balaban J connectivity index is 5.84. The first-order valence-corrected chi connectivity index (χ1v) is 14.9. The van der Waals surface area contributed by atoms with Gasteiger partial charge in [0, 0.05) is 40.2 Å². The molecule has 0 saturated heterocycles. The minimum Gasteiger partial charge on any atom is -0.428 e. The molecule has 0 aromatic carbocycles. The second kappa shape index (κ2) is 23.1. The molecule has 0 fully saturated rings. The molecule has 0 saturated carbocycles. The van der Waals surface area contributed by atoms with E-state index in [4.69, 9.17) is 14.2 Å². The van der Waals surface area contributed by atoms with Crippen LogP contribution in [0.5, 0.6) is 0 Å². The summed E-state index contributed by atoms with van der Waals surface area (Å²) in [4.78, 5) is 121. The number of carbonyl (C=O) groups excluding carboxylic acids is 10. The van der Waals surface area contributed by atoms with E-state index >= 15 is 0 Å². The van der Waals surface area contributed by atoms with Crippen LogP contribution in [0.25, 0.3) is 0 Å². The van der Waals surface area contributed by atoms with Crippen LogP contribution in [0.2, 0.25) is 0 Å². The molecule has 0 rings (SSSR count). The molecule has 20 nitrogen and oxygen atoms in total. The molecule has 4 unspecified atom stereocenters. The molecule has 0 radical (unpaired) electrons. The molecule has 0 aromatic heterocycles. The monoisotopic (exact) mass is 704 g/mol. The molecule has 4 atom stereocenters. The van der Waals surface area contributed by atoms with Gasteiger partial charge in [-0.3, -0.25) is 47.9 Å². The van der Waals surface area contributed by atoms with Gasteiger partial charge in [-0.2, -0.15) is 0 Å². The quantitative estimate of drug-likeness (QED) is 0.0593. The van der Waals surface area contributed by atoms with Crippen molar-refractivity contribution in [1.82, 2.24) is 21.3 Å². The van der Waals surface area contributed by atoms with Gasteiger partial charge in [0.1, 0.15) is 18.1 Å². The molecule has 0 aromatic rings. The van der Waals surface area contributed by atoms with Crippen molar-refractivity contribution in [2.45, 2.75) is 98.3 Å². The molecule has 0 spiro atoms. The molecular formula is C29H44N4O16. The van der Waals surface area contributed by atoms with Crippen molar-refractivity contribution in [3.63, 3.8) is 0 Å². The fourth-order valence-electron chi connectivity index (χ4n) is 3.57. The summed E-state index contributed by atoms with van der Waals surface area (Å²) in [7, 11) is 0. The number of carbonyl (C=O) groups is 10. The average Bonchev–Trinajstić information content (AvgIpc) is 2.96. The lowest BCUT2D eigenvalue weighted by Gasteiger charge is -2.27. The summed E-state index contributed by atoms with van der Waals surface area (Å²) in [6.45, 7) is 6.93. The first-order valence-electron chi connectivity index (χ1n) is 14.9. The smallest absolute Gasteiger partial charge is 0.311 e. The number of ether oxygens (including phenoxy) is 6. The first kappa shape index (κ1) is 43.7. The van der Waals surface area contributed by atoms with Crippen LogP contribution >= 0.6 is 0 Å². The van der Waals surface area contributed by atoms with Gasteiger partial charge in [0.15, 0.2) is 0 Å². The van der Waals surface area contributed by atoms with Crippen LogP contribution < -0.4 is 21.3 Å². The van der Waals surface area contributed by atoms with Gasteiger partial charge in [0.25, 0.3) is 0 Å². The normalized spacial score (nSPS) is 12.8. The van der Waals surface area contributed by atoms with E-state index in [1.165, 1.54) is 6.92 Å². The van der Waals surface area contributed by atoms with Gasteiger partial charge in [0.2, 0.25) is 44.0 Å². The van der Waals surface area contributed by atoms with Gasteiger partial charge in [-0.25, -0.2) is 0 Å². The third kappa shape index (κ3) is 21.2. The summed E-state index contributed by atoms with van der Waals surface area (Å²) in [5.41, 5.74) is 0. The van der Waals surface area contributed by atoms with Crippen molar-refractivity contribution in [2.24, 2.45) is 5.92 Å². The van der Waals surface area contributed by atoms with E-state index < -0.39 is 129 Å². The van der Waals surface area contributed by atoms with Gasteiger partial charge in [0.05, 0.1) is 12.8 Å². The van der Waals surface area contributed by atoms with Crippen molar-refractivity contribution >= 4 is 59.4 Å². The number of amides is 4. The average molecular weight is 705 g/mol. The van der Waals surface area contributed by atoms with Crippen LogP contribution in [0.1, 0.15) is 74.1 Å². The van der Waals surface area contributed by atoms with E-state index in [9.17, 15) is 47.9 Å². The highest BCUT2D eigenvalue weighted by molar-refractivity contribution is 5.95. The first-order chi connectivity index (χ1) is 22.8. The fraction of sp³-hybridized carbons (Fsp3) is 0.655. The summed E-state index contributed by atoms with van der Waals surface area (Å²) in [6, 6.07) is -5.16. The largest absolute Gasteiger partial charge is 0.428 e. The van der Waals surface area contributed by atoms with Gasteiger partial charge >= 0.3 is 35.8 Å². The summed E-state index contributed by atoms with van der Waals surface area (Å²) in [5, 5.41) is 9.59. The van der Waals surface area contributed by atoms with E-state index in [1.807, 2.05) is 0 Å². The van der Waals surface area contributed by atoms with Crippen LogP contribution in [0, 0.1) is 5.92 Å². The van der Waals surface area contributed by atoms with Gasteiger partial charge < -0.3 is 49.7 Å². The maximum Gasteiger partial charge on any atom is 0.311 e. The predicted octanol–water partition coefficient (Wildman–Crippen LogP) is -1.63. The van der Waals surface area contributed by atoms with Crippen molar-refractivity contribution in [3.05, 3.63) is 0 Å². The van der Waals surface area contributed by atoms with Crippen LogP contribution in [0.4, 0.5) is 0 Å². The van der Waals surface area contributed by atoms with Crippen LogP contribution in [0.15, 0.2) is 0 Å². The second-order valence-corrected chi connectivity index (χ2v) is 10.7. The third-order valence-electron chi connectivity index (χ3n) is 5.89. The lowest BCUT2D eigenvalue weighted by Crippen LogP contribution is -2.58. The zero-order chi connectivity index (χ0) is 37.7. The Hall–Kier alpha value is -5.30. The minimum absolute atomic E-state index is 0.312. The van der Waals surface area contributed by atoms with Gasteiger partial charge in [-0.1, -0.05) is 13.8 Å². The maximum absolute atomic E-state index is 13.5. The molecule has 0 heterocycles. The summed E-state index contributed by atoms with van der Waals surface area (Å²) in [5.74, 6) is -8.90. The zero-order valence-corrected chi connectivity index (χ0v) is 28.4. The lowest BCUT2D eigenvalue weighted by molar-refractivity contribution is -0.168. The van der Waals surface area contributed by atoms with Crippen molar-refractivity contribution in [3.8, 4) is 0 Å². The van der Waals surface area contributed by atoms with Crippen molar-refractivity contribution < 1.29 is 76.4 Å². The van der Waals surface area contributed by atoms with Gasteiger partial charge in [-0.05, 0) is 19.3 Å². The molecular weight excluding hydrogens is 660 g/mol. The highest BCUT2D eigenvalue weighted by atomic mass is 16.7. The minimum atomic E-state index is -1.58. The molecule has 4 N–H and O–H groups in total. The highest BCUT2D eigenvalue weighted by Gasteiger charge is 2.32. The number of nitrogens with one attached hydrogen (secondary N) is 4. The Bertz CT molecular complexity index is 1220. The molecule has 0 aliphatic rings. The zero-order valence-electron chi connectivity index (χ0n) is 28.4. The van der Waals surface area contributed by atoms with E-state index in [0.717, 1.165) is 27.7 Å². The second-order valence-electron chi connectivity index (χ2n) is 10.7. The Labute approximate surface area is 281 Å². The third-order valence-corrected chi connectivity index (χ3v) is 5.89. The molecule has 0 aliphatic carbocycles. The van der Waals surface area contributed by atoms with E-state index in [2.05, 4.69) is 35.5 Å². The summed E-state index contributed by atoms with van der Waals surface area (Å²) >= 11 is 0. The number of hydrogen-bond acceptors (Lipinski definition) is 16. The van der Waals surface area contributed by atoms with Crippen LogP contribution in [-0.2, 0) is 76.4 Å².